The molecule has 2 aliphatic heterocycles. The number of allylic oxidation sites excluding steroid dienone is 1. The van der Waals surface area contributed by atoms with Crippen LogP contribution >= 0.6 is 23.4 Å². The van der Waals surface area contributed by atoms with Gasteiger partial charge < -0.3 is 10.5 Å². The molecule has 10 heteroatoms. The fraction of sp³-hybridized carbons (Fsp3) is 0.148. The zero-order chi connectivity index (χ0) is 26.1. The van der Waals surface area contributed by atoms with E-state index >= 15 is 0 Å². The van der Waals surface area contributed by atoms with Crippen LogP contribution in [0.4, 0.5) is 0 Å². The number of thioether (sulfide) groups is 1. The van der Waals surface area contributed by atoms with Crippen molar-refractivity contribution in [3.63, 3.8) is 0 Å². The number of hydrogen-bond acceptors (Lipinski definition) is 8. The van der Waals surface area contributed by atoms with Gasteiger partial charge in [-0.1, -0.05) is 35.5 Å². The minimum absolute atomic E-state index is 0.0258. The summed E-state index contributed by atoms with van der Waals surface area (Å²) in [6.45, 7) is 1.83. The third-order valence-corrected chi connectivity index (χ3v) is 7.36. The van der Waals surface area contributed by atoms with E-state index in [4.69, 9.17) is 27.1 Å². The number of nitrogens with two attached hydrogens (primary N) is 1. The third kappa shape index (κ3) is 4.35. The van der Waals surface area contributed by atoms with Gasteiger partial charge >= 0.3 is 5.97 Å². The highest BCUT2D eigenvalue weighted by atomic mass is 35.5. The molecule has 5 rings (SSSR count). The third-order valence-electron chi connectivity index (χ3n) is 6.11. The highest BCUT2D eigenvalue weighted by molar-refractivity contribution is 7.99. The summed E-state index contributed by atoms with van der Waals surface area (Å²) in [7, 11) is 0. The summed E-state index contributed by atoms with van der Waals surface area (Å²) in [4.78, 5) is 37.2. The number of ether oxygens (including phenoxy) is 1. The maximum absolute atomic E-state index is 13.8. The number of nitrogens with zero attached hydrogens (tertiary/aromatic N) is 4. The lowest BCUT2D eigenvalue weighted by atomic mass is 9.81. The summed E-state index contributed by atoms with van der Waals surface area (Å²) in [6, 6.07) is 16.0. The van der Waals surface area contributed by atoms with Gasteiger partial charge in [0, 0.05) is 34.4 Å². The molecule has 0 fully saturated rings. The van der Waals surface area contributed by atoms with E-state index in [0.29, 0.717) is 32.6 Å². The van der Waals surface area contributed by atoms with Crippen molar-refractivity contribution < 1.29 is 14.3 Å². The Kier molecular flexibility index (Phi) is 6.70. The molecule has 2 aliphatic rings. The van der Waals surface area contributed by atoms with Gasteiger partial charge in [0.25, 0.3) is 5.91 Å². The van der Waals surface area contributed by atoms with Crippen molar-refractivity contribution in [2.75, 3.05) is 12.4 Å². The second-order valence-electron chi connectivity index (χ2n) is 8.19. The summed E-state index contributed by atoms with van der Waals surface area (Å²) in [5.74, 6) is -1.72. The molecule has 1 aromatic carbocycles. The van der Waals surface area contributed by atoms with Crippen molar-refractivity contribution in [2.24, 2.45) is 5.73 Å². The summed E-state index contributed by atoms with van der Waals surface area (Å²) >= 11 is 7.41. The van der Waals surface area contributed by atoms with Crippen molar-refractivity contribution in [3.8, 4) is 17.3 Å². The van der Waals surface area contributed by atoms with Crippen LogP contribution in [-0.4, -0.2) is 39.1 Å². The van der Waals surface area contributed by atoms with E-state index in [0.717, 1.165) is 5.56 Å². The minimum atomic E-state index is -0.817. The van der Waals surface area contributed by atoms with Crippen LogP contribution in [0.5, 0.6) is 0 Å². The number of amides is 1. The number of rotatable bonds is 4. The lowest BCUT2D eigenvalue weighted by Gasteiger charge is -2.35. The Bertz CT molecular complexity index is 1510. The largest absolute Gasteiger partial charge is 0.463 e. The SMILES string of the molecule is CCOC(=O)C1=C2CSc3nc(-c4ccncc4)ccc3C(=O)N2C(N)=C(C#N)C1c1ccc(Cl)cc1. The van der Waals surface area contributed by atoms with Crippen LogP contribution in [0.3, 0.4) is 0 Å². The molecule has 2 aromatic heterocycles. The molecule has 0 bridgehead atoms. The van der Waals surface area contributed by atoms with Crippen molar-refractivity contribution in [1.29, 1.82) is 5.26 Å². The van der Waals surface area contributed by atoms with E-state index in [-0.39, 0.29) is 29.3 Å². The van der Waals surface area contributed by atoms with Crippen molar-refractivity contribution in [3.05, 3.63) is 99.7 Å². The monoisotopic (exact) mass is 529 g/mol. The van der Waals surface area contributed by atoms with Crippen LogP contribution in [0.2, 0.25) is 5.02 Å². The molecular formula is C27H20ClN5O3S. The lowest BCUT2D eigenvalue weighted by molar-refractivity contribution is -0.138. The Balaban J connectivity index is 1.69. The highest BCUT2D eigenvalue weighted by Gasteiger charge is 2.43. The molecule has 0 saturated heterocycles. The quantitative estimate of drug-likeness (QED) is 0.484. The Morgan fingerprint density at radius 3 is 2.62 bits per heavy atom. The average molecular weight is 530 g/mol. The topological polar surface area (TPSA) is 122 Å². The number of aromatic nitrogens is 2. The summed E-state index contributed by atoms with van der Waals surface area (Å²) < 4.78 is 5.40. The first-order valence-electron chi connectivity index (χ1n) is 11.4. The number of hydrogen-bond donors (Lipinski definition) is 1. The number of carbonyl (C=O) groups is 2. The van der Waals surface area contributed by atoms with Gasteiger partial charge in [0.05, 0.1) is 41.0 Å². The van der Waals surface area contributed by atoms with E-state index in [1.54, 1.807) is 55.7 Å². The second kappa shape index (κ2) is 10.1. The number of benzene rings is 1. The fourth-order valence-corrected chi connectivity index (χ4v) is 5.59. The molecule has 8 nitrogen and oxygen atoms in total. The van der Waals surface area contributed by atoms with Gasteiger partial charge in [-0.25, -0.2) is 9.78 Å². The molecule has 0 spiro atoms. The molecule has 0 radical (unpaired) electrons. The molecule has 2 N–H and O–H groups in total. The fourth-order valence-electron chi connectivity index (χ4n) is 4.43. The molecule has 1 unspecified atom stereocenters. The number of carbonyl (C=O) groups excluding carboxylic acids is 2. The van der Waals surface area contributed by atoms with Crippen LogP contribution < -0.4 is 5.73 Å². The van der Waals surface area contributed by atoms with Crippen molar-refractivity contribution in [2.45, 2.75) is 17.9 Å². The smallest absolute Gasteiger partial charge is 0.336 e. The number of halogens is 1. The predicted molar refractivity (Wildman–Crippen MR) is 139 cm³/mol. The first-order valence-corrected chi connectivity index (χ1v) is 12.7. The second-order valence-corrected chi connectivity index (χ2v) is 9.59. The van der Waals surface area contributed by atoms with Crippen LogP contribution in [0.1, 0.15) is 28.8 Å². The Morgan fingerprint density at radius 1 is 1.22 bits per heavy atom. The molecule has 1 amide bonds. The summed E-state index contributed by atoms with van der Waals surface area (Å²) in [5, 5.41) is 11.1. The van der Waals surface area contributed by atoms with Crippen LogP contribution in [0.25, 0.3) is 11.3 Å². The Morgan fingerprint density at radius 2 is 1.95 bits per heavy atom. The lowest BCUT2D eigenvalue weighted by Crippen LogP contribution is -2.41. The van der Waals surface area contributed by atoms with Gasteiger partial charge in [0.15, 0.2) is 0 Å². The first kappa shape index (κ1) is 24.6. The molecule has 3 aromatic rings. The summed E-state index contributed by atoms with van der Waals surface area (Å²) in [5.41, 5.74) is 9.63. The van der Waals surface area contributed by atoms with Gasteiger partial charge in [-0.05, 0) is 48.9 Å². The van der Waals surface area contributed by atoms with Gasteiger partial charge in [0.2, 0.25) is 0 Å². The maximum Gasteiger partial charge on any atom is 0.336 e. The Labute approximate surface area is 222 Å². The molecule has 37 heavy (non-hydrogen) atoms. The molecular weight excluding hydrogens is 510 g/mol. The predicted octanol–water partition coefficient (Wildman–Crippen LogP) is 4.65. The zero-order valence-corrected chi connectivity index (χ0v) is 21.2. The van der Waals surface area contributed by atoms with Crippen LogP contribution in [0.15, 0.2) is 88.6 Å². The number of pyridine rings is 2. The normalized spacial score (nSPS) is 17.1. The van der Waals surface area contributed by atoms with E-state index < -0.39 is 17.8 Å². The standard InChI is InChI=1S/C27H20ClN5O3S/c1-2-36-27(35)23-21-14-37-25-18(7-8-20(32-25)15-9-11-31-12-10-15)26(34)33(21)24(30)19(13-29)22(23)16-3-5-17(28)6-4-16/h3-12,22H,2,14,30H2,1H3. The van der Waals surface area contributed by atoms with Crippen LogP contribution in [0, 0.1) is 11.3 Å². The number of esters is 1. The number of fused-ring (bicyclic) bond motifs is 2. The van der Waals surface area contributed by atoms with E-state index in [1.165, 1.54) is 16.7 Å². The molecule has 4 heterocycles. The maximum atomic E-state index is 13.8. The Hall–Kier alpha value is -4.13. The van der Waals surface area contributed by atoms with E-state index in [2.05, 4.69) is 11.1 Å². The van der Waals surface area contributed by atoms with E-state index in [9.17, 15) is 14.9 Å². The zero-order valence-electron chi connectivity index (χ0n) is 19.6. The highest BCUT2D eigenvalue weighted by Crippen LogP contribution is 2.45. The first-order chi connectivity index (χ1) is 17.9. The minimum Gasteiger partial charge on any atom is -0.463 e. The van der Waals surface area contributed by atoms with Gasteiger partial charge in [-0.3, -0.25) is 14.7 Å². The van der Waals surface area contributed by atoms with Gasteiger partial charge in [0.1, 0.15) is 10.8 Å². The van der Waals surface area contributed by atoms with Crippen molar-refractivity contribution >= 4 is 35.2 Å². The molecule has 0 aliphatic carbocycles. The molecule has 1 atom stereocenters. The molecule has 0 saturated carbocycles. The van der Waals surface area contributed by atoms with Gasteiger partial charge in [-0.2, -0.15) is 5.26 Å². The average Bonchev–Trinajstić information content (AvgIpc) is 3.06. The van der Waals surface area contributed by atoms with Crippen LogP contribution in [-0.2, 0) is 9.53 Å². The van der Waals surface area contributed by atoms with Crippen molar-refractivity contribution in [1.82, 2.24) is 14.9 Å². The van der Waals surface area contributed by atoms with E-state index in [1.807, 2.05) is 12.1 Å². The summed E-state index contributed by atoms with van der Waals surface area (Å²) in [6.07, 6.45) is 3.34. The number of nitriles is 1. The van der Waals surface area contributed by atoms with Gasteiger partial charge in [-0.15, -0.1) is 0 Å². The molecule has 184 valence electrons.